The molecule has 2 saturated heterocycles. The van der Waals surface area contributed by atoms with Gasteiger partial charge in [0.2, 0.25) is 5.91 Å². The number of amides is 1. The van der Waals surface area contributed by atoms with Crippen LogP contribution in [0.2, 0.25) is 0 Å². The number of hydrogen-bond donors (Lipinski definition) is 1. The quantitative estimate of drug-likeness (QED) is 0.824. The Hall–Kier alpha value is -0.610. The highest BCUT2D eigenvalue weighted by Crippen LogP contribution is 2.26. The fourth-order valence-corrected chi connectivity index (χ4v) is 3.44. The zero-order valence-corrected chi connectivity index (χ0v) is 12.4. The average molecular weight is 268 g/mol. The number of hydrogen-bond acceptors (Lipinski definition) is 3. The molecule has 2 heterocycles. The van der Waals surface area contributed by atoms with Crippen LogP contribution < -0.4 is 5.32 Å². The van der Waals surface area contributed by atoms with Crippen molar-refractivity contribution in [3.63, 3.8) is 0 Å². The fourth-order valence-electron chi connectivity index (χ4n) is 3.44. The van der Waals surface area contributed by atoms with Crippen molar-refractivity contribution in [3.05, 3.63) is 0 Å². The van der Waals surface area contributed by atoms with E-state index < -0.39 is 0 Å². The molecular formula is C15H28N2O2. The number of nitrogens with zero attached hydrogens (tertiary/aromatic N) is 1. The Labute approximate surface area is 116 Å². The molecule has 1 amide bonds. The second-order valence-electron chi connectivity index (χ2n) is 6.19. The number of ether oxygens (including phenoxy) is 1. The van der Waals surface area contributed by atoms with Crippen LogP contribution in [0.25, 0.3) is 0 Å². The van der Waals surface area contributed by atoms with E-state index in [1.54, 1.807) is 7.11 Å². The molecule has 0 aromatic heterocycles. The summed E-state index contributed by atoms with van der Waals surface area (Å²) < 4.78 is 5.10. The lowest BCUT2D eigenvalue weighted by Gasteiger charge is -2.35. The molecule has 2 rings (SSSR count). The largest absolute Gasteiger partial charge is 0.384 e. The lowest BCUT2D eigenvalue weighted by atomic mass is 9.88. The molecule has 0 spiro atoms. The van der Waals surface area contributed by atoms with Crippen LogP contribution in [0.4, 0.5) is 0 Å². The van der Waals surface area contributed by atoms with E-state index in [0.717, 1.165) is 19.0 Å². The first kappa shape index (κ1) is 14.8. The van der Waals surface area contributed by atoms with Crippen molar-refractivity contribution in [2.75, 3.05) is 33.4 Å². The van der Waals surface area contributed by atoms with Gasteiger partial charge >= 0.3 is 0 Å². The van der Waals surface area contributed by atoms with E-state index in [9.17, 15) is 4.79 Å². The maximum absolute atomic E-state index is 12.2. The molecule has 19 heavy (non-hydrogen) atoms. The third-order valence-corrected chi connectivity index (χ3v) is 4.53. The van der Waals surface area contributed by atoms with Gasteiger partial charge in [0.1, 0.15) is 0 Å². The minimum atomic E-state index is 0.308. The molecule has 0 aliphatic carbocycles. The van der Waals surface area contributed by atoms with Gasteiger partial charge in [-0.05, 0) is 44.1 Å². The van der Waals surface area contributed by atoms with Crippen molar-refractivity contribution in [3.8, 4) is 0 Å². The SMILES string of the molecule is COCC(C)CC(=O)N1CCC(C2CCCN2)CC1. The highest BCUT2D eigenvalue weighted by Gasteiger charge is 2.30. The van der Waals surface area contributed by atoms with Crippen LogP contribution in [-0.2, 0) is 9.53 Å². The first-order valence-electron chi connectivity index (χ1n) is 7.70. The minimum Gasteiger partial charge on any atom is -0.384 e. The molecule has 4 nitrogen and oxygen atoms in total. The van der Waals surface area contributed by atoms with Gasteiger partial charge in [-0.1, -0.05) is 6.92 Å². The summed E-state index contributed by atoms with van der Waals surface area (Å²) in [6.45, 7) is 5.83. The van der Waals surface area contributed by atoms with E-state index in [0.29, 0.717) is 30.9 Å². The van der Waals surface area contributed by atoms with Crippen LogP contribution in [0.1, 0.15) is 39.0 Å². The Morgan fingerprint density at radius 1 is 1.37 bits per heavy atom. The summed E-state index contributed by atoms with van der Waals surface area (Å²) in [6.07, 6.45) is 5.60. The van der Waals surface area contributed by atoms with Gasteiger partial charge in [-0.25, -0.2) is 0 Å². The van der Waals surface area contributed by atoms with Crippen molar-refractivity contribution in [1.82, 2.24) is 10.2 Å². The molecule has 2 aliphatic heterocycles. The maximum atomic E-state index is 12.2. The smallest absolute Gasteiger partial charge is 0.222 e. The first-order chi connectivity index (χ1) is 9.20. The second-order valence-corrected chi connectivity index (χ2v) is 6.19. The second kappa shape index (κ2) is 7.25. The zero-order valence-electron chi connectivity index (χ0n) is 12.4. The summed E-state index contributed by atoms with van der Waals surface area (Å²) in [7, 11) is 1.70. The van der Waals surface area contributed by atoms with E-state index in [2.05, 4.69) is 17.1 Å². The van der Waals surface area contributed by atoms with Gasteiger partial charge in [0.25, 0.3) is 0 Å². The van der Waals surface area contributed by atoms with Crippen LogP contribution in [-0.4, -0.2) is 50.2 Å². The summed E-state index contributed by atoms with van der Waals surface area (Å²) in [6, 6.07) is 0.713. The number of likely N-dealkylation sites (tertiary alicyclic amines) is 1. The van der Waals surface area contributed by atoms with Crippen LogP contribution in [0.15, 0.2) is 0 Å². The Morgan fingerprint density at radius 2 is 2.11 bits per heavy atom. The van der Waals surface area contributed by atoms with Crippen LogP contribution >= 0.6 is 0 Å². The van der Waals surface area contributed by atoms with E-state index in [-0.39, 0.29) is 0 Å². The Kier molecular flexibility index (Phi) is 5.64. The lowest BCUT2D eigenvalue weighted by molar-refractivity contribution is -0.134. The van der Waals surface area contributed by atoms with Crippen molar-refractivity contribution < 1.29 is 9.53 Å². The summed E-state index contributed by atoms with van der Waals surface area (Å²) in [5.41, 5.74) is 0. The molecule has 0 saturated carbocycles. The monoisotopic (exact) mass is 268 g/mol. The van der Waals surface area contributed by atoms with Crippen molar-refractivity contribution in [1.29, 1.82) is 0 Å². The molecule has 1 N–H and O–H groups in total. The van der Waals surface area contributed by atoms with Crippen molar-refractivity contribution >= 4 is 5.91 Å². The predicted octanol–water partition coefficient (Wildman–Crippen LogP) is 1.65. The molecule has 0 aromatic carbocycles. The van der Waals surface area contributed by atoms with Gasteiger partial charge in [0.15, 0.2) is 0 Å². The molecule has 2 atom stereocenters. The predicted molar refractivity (Wildman–Crippen MR) is 76.0 cm³/mol. The number of carbonyl (C=O) groups excluding carboxylic acids is 1. The van der Waals surface area contributed by atoms with Crippen molar-refractivity contribution in [2.24, 2.45) is 11.8 Å². The molecule has 2 aliphatic rings. The van der Waals surface area contributed by atoms with Crippen molar-refractivity contribution in [2.45, 2.75) is 45.1 Å². The number of nitrogens with one attached hydrogen (secondary N) is 1. The van der Waals surface area contributed by atoms with Gasteiger partial charge in [0, 0.05) is 39.3 Å². The van der Waals surface area contributed by atoms with E-state index >= 15 is 0 Å². The number of piperidine rings is 1. The molecule has 110 valence electrons. The highest BCUT2D eigenvalue weighted by atomic mass is 16.5. The normalized spacial score (nSPS) is 26.6. The maximum Gasteiger partial charge on any atom is 0.222 e. The average Bonchev–Trinajstić information content (AvgIpc) is 2.93. The van der Waals surface area contributed by atoms with Gasteiger partial charge in [-0.3, -0.25) is 4.79 Å². The van der Waals surface area contributed by atoms with Gasteiger partial charge < -0.3 is 15.0 Å². The molecule has 0 radical (unpaired) electrons. The molecule has 2 unspecified atom stereocenters. The third kappa shape index (κ3) is 4.18. The summed E-state index contributed by atoms with van der Waals surface area (Å²) in [4.78, 5) is 14.2. The standard InChI is InChI=1S/C15H28N2O2/c1-12(11-19-2)10-15(18)17-8-5-13(6-9-17)14-4-3-7-16-14/h12-14,16H,3-11H2,1-2H3. The summed E-state index contributed by atoms with van der Waals surface area (Å²) in [5.74, 6) is 1.41. The van der Waals surface area contributed by atoms with E-state index in [1.807, 2.05) is 0 Å². The first-order valence-corrected chi connectivity index (χ1v) is 7.70. The highest BCUT2D eigenvalue weighted by molar-refractivity contribution is 5.76. The Balaban J connectivity index is 1.71. The summed E-state index contributed by atoms with van der Waals surface area (Å²) >= 11 is 0. The third-order valence-electron chi connectivity index (χ3n) is 4.53. The van der Waals surface area contributed by atoms with Crippen LogP contribution in [0, 0.1) is 11.8 Å². The molecule has 0 bridgehead atoms. The van der Waals surface area contributed by atoms with E-state index in [4.69, 9.17) is 4.74 Å². The summed E-state index contributed by atoms with van der Waals surface area (Å²) in [5, 5.41) is 3.60. The number of methoxy groups -OCH3 is 1. The van der Waals surface area contributed by atoms with Gasteiger partial charge in [-0.2, -0.15) is 0 Å². The topological polar surface area (TPSA) is 41.6 Å². The van der Waals surface area contributed by atoms with E-state index in [1.165, 1.54) is 32.2 Å². The van der Waals surface area contributed by atoms with Crippen LogP contribution in [0.3, 0.4) is 0 Å². The Morgan fingerprint density at radius 3 is 2.68 bits per heavy atom. The molecular weight excluding hydrogens is 240 g/mol. The van der Waals surface area contributed by atoms with Crippen LogP contribution in [0.5, 0.6) is 0 Å². The zero-order chi connectivity index (χ0) is 13.7. The number of rotatable bonds is 5. The molecule has 2 fully saturated rings. The lowest BCUT2D eigenvalue weighted by Crippen LogP contribution is -2.43. The molecule has 4 heteroatoms. The Bertz CT molecular complexity index is 282. The minimum absolute atomic E-state index is 0.308. The van der Waals surface area contributed by atoms with Gasteiger partial charge in [-0.15, -0.1) is 0 Å². The molecule has 0 aromatic rings. The fraction of sp³-hybridized carbons (Fsp3) is 0.933. The van der Waals surface area contributed by atoms with Gasteiger partial charge in [0.05, 0.1) is 0 Å². The number of carbonyl (C=O) groups is 1.